The maximum atomic E-state index is 5.48. The van der Waals surface area contributed by atoms with E-state index < -0.39 is 0 Å². The van der Waals surface area contributed by atoms with E-state index in [-0.39, 0.29) is 0 Å². The van der Waals surface area contributed by atoms with Crippen LogP contribution in [0.15, 0.2) is 42.7 Å². The van der Waals surface area contributed by atoms with E-state index in [1.54, 1.807) is 0 Å². The zero-order chi connectivity index (χ0) is 16.4. The predicted molar refractivity (Wildman–Crippen MR) is 91.6 cm³/mol. The Bertz CT molecular complexity index is 831. The van der Waals surface area contributed by atoms with Crippen molar-refractivity contribution in [3.63, 3.8) is 0 Å². The maximum Gasteiger partial charge on any atom is 0.0967 e. The lowest BCUT2D eigenvalue weighted by molar-refractivity contribution is -0.00492. The second-order valence-corrected chi connectivity index (χ2v) is 6.34. The van der Waals surface area contributed by atoms with Crippen LogP contribution >= 0.6 is 0 Å². The van der Waals surface area contributed by atoms with Crippen LogP contribution in [0.4, 0.5) is 0 Å². The third-order valence-electron chi connectivity index (χ3n) is 4.45. The molecule has 0 spiro atoms. The number of benzene rings is 1. The molecule has 1 aliphatic heterocycles. The molecule has 0 N–H and O–H groups in total. The average Bonchev–Trinajstić information content (AvgIpc) is 3.04. The minimum absolute atomic E-state index is 0.425. The number of aromatic nitrogens is 4. The fraction of sp³-hybridized carbons (Fsp3) is 0.389. The van der Waals surface area contributed by atoms with Crippen LogP contribution < -0.4 is 0 Å². The van der Waals surface area contributed by atoms with Crippen molar-refractivity contribution < 1.29 is 4.74 Å². The Morgan fingerprint density at radius 3 is 3.08 bits per heavy atom. The Morgan fingerprint density at radius 2 is 2.17 bits per heavy atom. The van der Waals surface area contributed by atoms with Crippen LogP contribution in [-0.2, 0) is 17.8 Å². The highest BCUT2D eigenvalue weighted by Crippen LogP contribution is 2.14. The highest BCUT2D eigenvalue weighted by atomic mass is 16.5. The van der Waals surface area contributed by atoms with Gasteiger partial charge in [0.2, 0.25) is 0 Å². The zero-order valence-corrected chi connectivity index (χ0v) is 13.8. The first-order chi connectivity index (χ1) is 11.8. The molecule has 1 fully saturated rings. The molecule has 0 aliphatic carbocycles. The maximum absolute atomic E-state index is 5.48. The Morgan fingerprint density at radius 1 is 1.25 bits per heavy atom. The molecular formula is C18H21N5O. The van der Waals surface area contributed by atoms with Crippen molar-refractivity contribution in [1.82, 2.24) is 24.9 Å². The molecule has 1 saturated heterocycles. The molecule has 1 atom stereocenters. The lowest BCUT2D eigenvalue weighted by Gasteiger charge is -2.32. The summed E-state index contributed by atoms with van der Waals surface area (Å²) in [6, 6.07) is 10.7. The van der Waals surface area contributed by atoms with Gasteiger partial charge in [0.15, 0.2) is 0 Å². The van der Waals surface area contributed by atoms with E-state index in [0.29, 0.717) is 12.6 Å². The van der Waals surface area contributed by atoms with Crippen molar-refractivity contribution in [2.75, 3.05) is 19.8 Å². The van der Waals surface area contributed by atoms with Gasteiger partial charge in [0.05, 0.1) is 37.2 Å². The van der Waals surface area contributed by atoms with Crippen LogP contribution in [-0.4, -0.2) is 50.7 Å². The number of hydrogen-bond donors (Lipinski definition) is 0. The van der Waals surface area contributed by atoms with E-state index in [0.717, 1.165) is 48.5 Å². The summed E-state index contributed by atoms with van der Waals surface area (Å²) in [6.45, 7) is 6.22. The Hall–Kier alpha value is -2.31. The summed E-state index contributed by atoms with van der Waals surface area (Å²) in [4.78, 5) is 6.89. The normalized spacial score (nSPS) is 19.0. The van der Waals surface area contributed by atoms with Crippen LogP contribution in [0, 0.1) is 0 Å². The summed E-state index contributed by atoms with van der Waals surface area (Å²) in [5.74, 6) is 0. The summed E-state index contributed by atoms with van der Waals surface area (Å²) in [5, 5.41) is 9.73. The number of nitrogens with zero attached hydrogens (tertiary/aromatic N) is 5. The highest BCUT2D eigenvalue weighted by Gasteiger charge is 2.19. The SMILES string of the molecule is C[C@@H]1COCCN1Cc1cn(Cc2cnc3ccccc3c2)nn1. The summed E-state index contributed by atoms with van der Waals surface area (Å²) >= 11 is 0. The fourth-order valence-electron chi connectivity index (χ4n) is 3.08. The second kappa shape index (κ2) is 6.67. The molecule has 24 heavy (non-hydrogen) atoms. The van der Waals surface area contributed by atoms with Gasteiger partial charge in [0.1, 0.15) is 0 Å². The molecule has 0 radical (unpaired) electrons. The third-order valence-corrected chi connectivity index (χ3v) is 4.45. The predicted octanol–water partition coefficient (Wildman–Crippen LogP) is 2.10. The summed E-state index contributed by atoms with van der Waals surface area (Å²) in [5.41, 5.74) is 3.14. The number of fused-ring (bicyclic) bond motifs is 1. The van der Waals surface area contributed by atoms with Gasteiger partial charge >= 0.3 is 0 Å². The van der Waals surface area contributed by atoms with Crippen molar-refractivity contribution in [1.29, 1.82) is 0 Å². The summed E-state index contributed by atoms with van der Waals surface area (Å²) in [6.07, 6.45) is 3.94. The molecule has 0 saturated carbocycles. The first-order valence-electron chi connectivity index (χ1n) is 8.32. The van der Waals surface area contributed by atoms with Crippen molar-refractivity contribution in [3.05, 3.63) is 54.0 Å². The number of para-hydroxylation sites is 1. The number of ether oxygens (including phenoxy) is 1. The molecule has 124 valence electrons. The van der Waals surface area contributed by atoms with Crippen molar-refractivity contribution >= 4 is 10.9 Å². The molecule has 6 heteroatoms. The van der Waals surface area contributed by atoms with Gasteiger partial charge in [-0.15, -0.1) is 5.10 Å². The third kappa shape index (κ3) is 3.29. The topological polar surface area (TPSA) is 56.1 Å². The monoisotopic (exact) mass is 323 g/mol. The van der Waals surface area contributed by atoms with Gasteiger partial charge in [0, 0.05) is 30.7 Å². The zero-order valence-electron chi connectivity index (χ0n) is 13.8. The van der Waals surface area contributed by atoms with Crippen LogP contribution in [0.5, 0.6) is 0 Å². The molecule has 0 amide bonds. The standard InChI is InChI=1S/C18H21N5O/c1-14-13-24-7-6-22(14)11-17-12-23(21-20-17)10-15-8-16-4-2-3-5-18(16)19-9-15/h2-5,8-9,12,14H,6-7,10-11,13H2,1H3/t14-/m1/s1. The molecule has 0 unspecified atom stereocenters. The van der Waals surface area contributed by atoms with Gasteiger partial charge in [-0.1, -0.05) is 23.4 Å². The fourth-order valence-corrected chi connectivity index (χ4v) is 3.08. The van der Waals surface area contributed by atoms with Gasteiger partial charge < -0.3 is 4.74 Å². The Balaban J connectivity index is 1.46. The summed E-state index contributed by atoms with van der Waals surface area (Å²) in [7, 11) is 0. The molecule has 0 bridgehead atoms. The van der Waals surface area contributed by atoms with Crippen LogP contribution in [0.1, 0.15) is 18.2 Å². The molecule has 1 aliphatic rings. The van der Waals surface area contributed by atoms with E-state index >= 15 is 0 Å². The lowest BCUT2D eigenvalue weighted by atomic mass is 10.1. The second-order valence-electron chi connectivity index (χ2n) is 6.34. The molecule has 3 aromatic rings. The van der Waals surface area contributed by atoms with Crippen molar-refractivity contribution in [2.45, 2.75) is 26.1 Å². The van der Waals surface area contributed by atoms with Gasteiger partial charge in [0.25, 0.3) is 0 Å². The number of pyridine rings is 1. The molecular weight excluding hydrogens is 302 g/mol. The molecule has 3 heterocycles. The summed E-state index contributed by atoms with van der Waals surface area (Å²) < 4.78 is 7.36. The smallest absolute Gasteiger partial charge is 0.0967 e. The largest absolute Gasteiger partial charge is 0.379 e. The highest BCUT2D eigenvalue weighted by molar-refractivity contribution is 5.78. The molecule has 2 aromatic heterocycles. The van der Waals surface area contributed by atoms with Gasteiger partial charge in [-0.2, -0.15) is 0 Å². The van der Waals surface area contributed by atoms with Crippen LogP contribution in [0.25, 0.3) is 10.9 Å². The molecule has 4 rings (SSSR count). The molecule has 6 nitrogen and oxygen atoms in total. The minimum atomic E-state index is 0.425. The van der Waals surface area contributed by atoms with E-state index in [1.807, 2.05) is 35.3 Å². The van der Waals surface area contributed by atoms with Gasteiger partial charge in [-0.25, -0.2) is 4.68 Å². The van der Waals surface area contributed by atoms with Crippen molar-refractivity contribution in [3.8, 4) is 0 Å². The van der Waals surface area contributed by atoms with Crippen LogP contribution in [0.3, 0.4) is 0 Å². The van der Waals surface area contributed by atoms with E-state index in [1.165, 1.54) is 0 Å². The quantitative estimate of drug-likeness (QED) is 0.736. The number of morpholine rings is 1. The first-order valence-corrected chi connectivity index (χ1v) is 8.32. The molecule has 1 aromatic carbocycles. The van der Waals surface area contributed by atoms with E-state index in [2.05, 4.69) is 39.3 Å². The average molecular weight is 323 g/mol. The minimum Gasteiger partial charge on any atom is -0.379 e. The van der Waals surface area contributed by atoms with Crippen LogP contribution in [0.2, 0.25) is 0 Å². The number of hydrogen-bond acceptors (Lipinski definition) is 5. The first kappa shape index (κ1) is 15.2. The van der Waals surface area contributed by atoms with Gasteiger partial charge in [-0.3, -0.25) is 9.88 Å². The van der Waals surface area contributed by atoms with E-state index in [4.69, 9.17) is 4.74 Å². The van der Waals surface area contributed by atoms with Gasteiger partial charge in [-0.05, 0) is 24.6 Å². The van der Waals surface area contributed by atoms with E-state index in [9.17, 15) is 0 Å². The lowest BCUT2D eigenvalue weighted by Crippen LogP contribution is -2.42. The number of rotatable bonds is 4. The Labute approximate surface area is 141 Å². The van der Waals surface area contributed by atoms with Crippen molar-refractivity contribution in [2.24, 2.45) is 0 Å². The Kier molecular flexibility index (Phi) is 4.23.